The van der Waals surface area contributed by atoms with Gasteiger partial charge in [0.15, 0.2) is 0 Å². The second kappa shape index (κ2) is 5.27. The lowest BCUT2D eigenvalue weighted by Crippen LogP contribution is -2.38. The van der Waals surface area contributed by atoms with E-state index in [1.807, 2.05) is 7.05 Å². The minimum atomic E-state index is -0.384. The van der Waals surface area contributed by atoms with Crippen molar-refractivity contribution in [1.82, 2.24) is 4.90 Å². The summed E-state index contributed by atoms with van der Waals surface area (Å²) in [5.41, 5.74) is 0.269. The number of hydrogen-bond acceptors (Lipinski definition) is 2. The number of nitrogens with one attached hydrogen (secondary N) is 1. The van der Waals surface area contributed by atoms with Crippen LogP contribution in [0.1, 0.15) is 12.8 Å². The summed E-state index contributed by atoms with van der Waals surface area (Å²) in [6, 6.07) is 6.26. The SMILES string of the molecule is CN1CCC[C@@H](C(=O)Nc2ccccc2F)C1. The van der Waals surface area contributed by atoms with E-state index in [1.165, 1.54) is 6.07 Å². The molecule has 0 bridgehead atoms. The lowest BCUT2D eigenvalue weighted by Gasteiger charge is -2.28. The van der Waals surface area contributed by atoms with Crippen LogP contribution in [0, 0.1) is 11.7 Å². The predicted molar refractivity (Wildman–Crippen MR) is 65.3 cm³/mol. The summed E-state index contributed by atoms with van der Waals surface area (Å²) in [4.78, 5) is 14.1. The van der Waals surface area contributed by atoms with Crippen molar-refractivity contribution in [2.75, 3.05) is 25.5 Å². The number of rotatable bonds is 2. The number of nitrogens with zero attached hydrogens (tertiary/aromatic N) is 1. The summed E-state index contributed by atoms with van der Waals surface area (Å²) in [6.07, 6.45) is 1.90. The van der Waals surface area contributed by atoms with Gasteiger partial charge in [-0.25, -0.2) is 4.39 Å². The highest BCUT2D eigenvalue weighted by molar-refractivity contribution is 5.92. The minimum Gasteiger partial charge on any atom is -0.323 e. The van der Waals surface area contributed by atoms with Crippen LogP contribution < -0.4 is 5.32 Å². The zero-order chi connectivity index (χ0) is 12.3. The number of piperidine rings is 1. The molecule has 1 aromatic rings. The van der Waals surface area contributed by atoms with E-state index in [0.29, 0.717) is 0 Å². The van der Waals surface area contributed by atoms with Crippen LogP contribution in [-0.4, -0.2) is 30.9 Å². The number of benzene rings is 1. The first-order valence-electron chi connectivity index (χ1n) is 5.91. The summed E-state index contributed by atoms with van der Waals surface area (Å²) in [5.74, 6) is -0.500. The molecule has 1 heterocycles. The molecule has 0 spiro atoms. The highest BCUT2D eigenvalue weighted by atomic mass is 19.1. The van der Waals surface area contributed by atoms with Crippen molar-refractivity contribution in [3.05, 3.63) is 30.1 Å². The van der Waals surface area contributed by atoms with Crippen LogP contribution in [0.5, 0.6) is 0 Å². The molecule has 1 aliphatic heterocycles. The molecule has 1 saturated heterocycles. The highest BCUT2D eigenvalue weighted by Gasteiger charge is 2.24. The van der Waals surface area contributed by atoms with E-state index in [9.17, 15) is 9.18 Å². The summed E-state index contributed by atoms with van der Waals surface area (Å²) in [7, 11) is 2.00. The number of carbonyl (C=O) groups excluding carboxylic acids is 1. The Morgan fingerprint density at radius 3 is 2.94 bits per heavy atom. The van der Waals surface area contributed by atoms with E-state index in [-0.39, 0.29) is 23.3 Å². The molecule has 92 valence electrons. The molecule has 1 atom stereocenters. The zero-order valence-corrected chi connectivity index (χ0v) is 9.95. The van der Waals surface area contributed by atoms with Gasteiger partial charge in [0.2, 0.25) is 5.91 Å². The largest absolute Gasteiger partial charge is 0.323 e. The van der Waals surface area contributed by atoms with E-state index in [0.717, 1.165) is 25.9 Å². The third-order valence-electron chi connectivity index (χ3n) is 3.13. The van der Waals surface area contributed by atoms with E-state index in [2.05, 4.69) is 10.2 Å². The van der Waals surface area contributed by atoms with Crippen LogP contribution in [-0.2, 0) is 4.79 Å². The van der Waals surface area contributed by atoms with Gasteiger partial charge in [0.25, 0.3) is 0 Å². The molecule has 17 heavy (non-hydrogen) atoms. The van der Waals surface area contributed by atoms with Crippen LogP contribution in [0.3, 0.4) is 0 Å². The van der Waals surface area contributed by atoms with Gasteiger partial charge in [-0.3, -0.25) is 4.79 Å². The summed E-state index contributed by atoms with van der Waals surface area (Å²) >= 11 is 0. The Hall–Kier alpha value is -1.42. The molecule has 1 aliphatic rings. The van der Waals surface area contributed by atoms with E-state index >= 15 is 0 Å². The third-order valence-corrected chi connectivity index (χ3v) is 3.13. The molecular formula is C13H17FN2O. The van der Waals surface area contributed by atoms with Crippen molar-refractivity contribution in [2.45, 2.75) is 12.8 Å². The van der Waals surface area contributed by atoms with Crippen LogP contribution in [0.4, 0.5) is 10.1 Å². The number of carbonyl (C=O) groups is 1. The Kier molecular flexibility index (Phi) is 3.74. The Morgan fingerprint density at radius 2 is 2.24 bits per heavy atom. The summed E-state index contributed by atoms with van der Waals surface area (Å²) in [6.45, 7) is 1.78. The first kappa shape index (κ1) is 12.0. The van der Waals surface area contributed by atoms with Gasteiger partial charge >= 0.3 is 0 Å². The van der Waals surface area contributed by atoms with Gasteiger partial charge in [-0.2, -0.15) is 0 Å². The Balaban J connectivity index is 1.99. The van der Waals surface area contributed by atoms with Gasteiger partial charge in [0.05, 0.1) is 11.6 Å². The van der Waals surface area contributed by atoms with Gasteiger partial charge in [-0.15, -0.1) is 0 Å². The van der Waals surface area contributed by atoms with Crippen molar-refractivity contribution in [3.8, 4) is 0 Å². The number of amides is 1. The first-order valence-corrected chi connectivity index (χ1v) is 5.91. The average Bonchev–Trinajstić information content (AvgIpc) is 2.32. The smallest absolute Gasteiger partial charge is 0.228 e. The number of para-hydroxylation sites is 1. The van der Waals surface area contributed by atoms with E-state index in [1.54, 1.807) is 18.2 Å². The molecule has 0 unspecified atom stereocenters. The Bertz CT molecular complexity index is 408. The molecule has 1 fully saturated rings. The third kappa shape index (κ3) is 3.03. The first-order chi connectivity index (χ1) is 8.16. The summed E-state index contributed by atoms with van der Waals surface area (Å²) in [5, 5.41) is 2.66. The Labute approximate surface area is 101 Å². The van der Waals surface area contributed by atoms with Gasteiger partial charge in [0.1, 0.15) is 5.82 Å². The molecule has 3 nitrogen and oxygen atoms in total. The fraction of sp³-hybridized carbons (Fsp3) is 0.462. The molecule has 0 saturated carbocycles. The van der Waals surface area contributed by atoms with Crippen molar-refractivity contribution in [1.29, 1.82) is 0 Å². The average molecular weight is 236 g/mol. The fourth-order valence-corrected chi connectivity index (χ4v) is 2.18. The van der Waals surface area contributed by atoms with Crippen molar-refractivity contribution in [2.24, 2.45) is 5.92 Å². The van der Waals surface area contributed by atoms with Crippen LogP contribution in [0.2, 0.25) is 0 Å². The minimum absolute atomic E-state index is 0.0339. The molecule has 4 heteroatoms. The van der Waals surface area contributed by atoms with Gasteiger partial charge in [0, 0.05) is 6.54 Å². The molecular weight excluding hydrogens is 219 g/mol. The molecule has 2 rings (SSSR count). The van der Waals surface area contributed by atoms with Crippen LogP contribution >= 0.6 is 0 Å². The maximum Gasteiger partial charge on any atom is 0.228 e. The normalized spacial score (nSPS) is 21.2. The molecule has 0 aromatic heterocycles. The maximum absolute atomic E-state index is 13.4. The molecule has 1 aromatic carbocycles. The number of likely N-dealkylation sites (tertiary alicyclic amines) is 1. The number of anilines is 1. The lowest BCUT2D eigenvalue weighted by molar-refractivity contribution is -0.121. The standard InChI is InChI=1S/C13H17FN2O/c1-16-8-4-5-10(9-16)13(17)15-12-7-3-2-6-11(12)14/h2-3,6-7,10H,4-5,8-9H2,1H3,(H,15,17)/t10-/m1/s1. The molecule has 0 aliphatic carbocycles. The second-order valence-electron chi connectivity index (χ2n) is 4.57. The van der Waals surface area contributed by atoms with E-state index in [4.69, 9.17) is 0 Å². The van der Waals surface area contributed by atoms with Crippen LogP contribution in [0.15, 0.2) is 24.3 Å². The molecule has 1 N–H and O–H groups in total. The lowest BCUT2D eigenvalue weighted by atomic mass is 9.97. The highest BCUT2D eigenvalue weighted by Crippen LogP contribution is 2.19. The van der Waals surface area contributed by atoms with Gasteiger partial charge < -0.3 is 10.2 Å². The molecule has 1 amide bonds. The van der Waals surface area contributed by atoms with Crippen LogP contribution in [0.25, 0.3) is 0 Å². The number of halogens is 1. The van der Waals surface area contributed by atoms with E-state index < -0.39 is 0 Å². The fourth-order valence-electron chi connectivity index (χ4n) is 2.18. The quantitative estimate of drug-likeness (QED) is 0.853. The van der Waals surface area contributed by atoms with Crippen molar-refractivity contribution < 1.29 is 9.18 Å². The van der Waals surface area contributed by atoms with Crippen molar-refractivity contribution in [3.63, 3.8) is 0 Å². The number of hydrogen-bond donors (Lipinski definition) is 1. The topological polar surface area (TPSA) is 32.3 Å². The van der Waals surface area contributed by atoms with Gasteiger partial charge in [-0.05, 0) is 38.6 Å². The second-order valence-corrected chi connectivity index (χ2v) is 4.57. The monoisotopic (exact) mass is 236 g/mol. The maximum atomic E-state index is 13.4. The van der Waals surface area contributed by atoms with Gasteiger partial charge in [-0.1, -0.05) is 12.1 Å². The predicted octanol–water partition coefficient (Wildman–Crippen LogP) is 2.11. The molecule has 0 radical (unpaired) electrons. The summed E-state index contributed by atoms with van der Waals surface area (Å²) < 4.78 is 13.4. The Morgan fingerprint density at radius 1 is 1.47 bits per heavy atom. The van der Waals surface area contributed by atoms with Crippen molar-refractivity contribution >= 4 is 11.6 Å². The zero-order valence-electron chi connectivity index (χ0n) is 9.95.